The molecule has 158 valence electrons. The van der Waals surface area contributed by atoms with Crippen molar-refractivity contribution < 1.29 is 18.4 Å². The Labute approximate surface area is 179 Å². The summed E-state index contributed by atoms with van der Waals surface area (Å²) in [7, 11) is 0. The maximum absolute atomic E-state index is 14.3. The van der Waals surface area contributed by atoms with Crippen LogP contribution >= 0.6 is 11.6 Å². The first-order chi connectivity index (χ1) is 14.3. The number of rotatable bonds is 4. The van der Waals surface area contributed by atoms with Crippen molar-refractivity contribution in [3.63, 3.8) is 0 Å². The van der Waals surface area contributed by atoms with Crippen LogP contribution in [0.25, 0.3) is 0 Å². The molecule has 4 rings (SSSR count). The van der Waals surface area contributed by atoms with Crippen molar-refractivity contribution in [3.8, 4) is 0 Å². The average molecular weight is 433 g/mol. The molecule has 1 fully saturated rings. The number of Topliss-reactive ketones (excluding diaryl/α,β-unsaturated/α-hetero) is 1. The third kappa shape index (κ3) is 3.63. The highest BCUT2D eigenvalue weighted by Gasteiger charge is 2.47. The largest absolute Gasteiger partial charge is 0.307 e. The van der Waals surface area contributed by atoms with Gasteiger partial charge in [-0.2, -0.15) is 0 Å². The lowest BCUT2D eigenvalue weighted by Crippen LogP contribution is -2.47. The van der Waals surface area contributed by atoms with Gasteiger partial charge in [0.15, 0.2) is 0 Å². The predicted octanol–water partition coefficient (Wildman–Crippen LogP) is 4.59. The van der Waals surface area contributed by atoms with Gasteiger partial charge in [-0.15, -0.1) is 0 Å². The van der Waals surface area contributed by atoms with E-state index in [4.69, 9.17) is 11.6 Å². The summed E-state index contributed by atoms with van der Waals surface area (Å²) in [5.74, 6) is -2.23. The van der Waals surface area contributed by atoms with E-state index in [0.29, 0.717) is 43.3 Å². The van der Waals surface area contributed by atoms with Crippen LogP contribution in [0, 0.1) is 11.6 Å². The number of hydrogen-bond acceptors (Lipinski definition) is 3. The van der Waals surface area contributed by atoms with Gasteiger partial charge in [-0.05, 0) is 61.8 Å². The lowest BCUT2D eigenvalue weighted by atomic mass is 9.74. The fourth-order valence-corrected chi connectivity index (χ4v) is 4.76. The summed E-state index contributed by atoms with van der Waals surface area (Å²) in [4.78, 5) is 28.6. The van der Waals surface area contributed by atoms with Gasteiger partial charge in [0.1, 0.15) is 23.0 Å². The van der Waals surface area contributed by atoms with Crippen molar-refractivity contribution in [2.24, 2.45) is 0 Å². The Bertz CT molecular complexity index is 982. The van der Waals surface area contributed by atoms with Crippen LogP contribution in [0.4, 0.5) is 14.5 Å². The first-order valence-electron chi connectivity index (χ1n) is 10.1. The van der Waals surface area contributed by atoms with Gasteiger partial charge in [0.2, 0.25) is 0 Å². The number of anilines is 1. The normalized spacial score (nSPS) is 17.9. The SMILES string of the molecule is CCC(=O)CN1CCC2(CC1)CN(C(=O)c1c(F)cccc1F)c1ccc(Cl)cc12. The molecule has 1 amide bonds. The minimum Gasteiger partial charge on any atom is -0.307 e. The van der Waals surface area contributed by atoms with Gasteiger partial charge in [0.25, 0.3) is 5.91 Å². The molecule has 0 aromatic heterocycles. The van der Waals surface area contributed by atoms with Gasteiger partial charge in [-0.25, -0.2) is 8.78 Å². The summed E-state index contributed by atoms with van der Waals surface area (Å²) in [5, 5.41) is 0.558. The van der Waals surface area contributed by atoms with E-state index < -0.39 is 23.1 Å². The molecule has 0 N–H and O–H groups in total. The van der Waals surface area contributed by atoms with Crippen molar-refractivity contribution in [1.29, 1.82) is 0 Å². The first kappa shape index (κ1) is 20.9. The zero-order valence-electron chi connectivity index (χ0n) is 16.8. The maximum Gasteiger partial charge on any atom is 0.264 e. The minimum absolute atomic E-state index is 0.202. The highest BCUT2D eigenvalue weighted by Crippen LogP contribution is 2.48. The van der Waals surface area contributed by atoms with Gasteiger partial charge in [0, 0.05) is 29.1 Å². The molecule has 0 bridgehead atoms. The van der Waals surface area contributed by atoms with E-state index in [9.17, 15) is 18.4 Å². The van der Waals surface area contributed by atoms with E-state index in [1.165, 1.54) is 11.0 Å². The lowest BCUT2D eigenvalue weighted by Gasteiger charge is -2.39. The minimum atomic E-state index is -0.871. The monoisotopic (exact) mass is 432 g/mol. The van der Waals surface area contributed by atoms with Crippen molar-refractivity contribution in [3.05, 3.63) is 64.2 Å². The standard InChI is InChI=1S/C23H23ClF2N2O2/c1-2-16(29)13-27-10-8-23(9-11-27)14-28(20-7-6-15(24)12-17(20)23)22(30)21-18(25)4-3-5-19(21)26/h3-7,12H,2,8-11,13-14H2,1H3. The second-order valence-corrected chi connectivity index (χ2v) is 8.53. The van der Waals surface area contributed by atoms with Crippen LogP contribution < -0.4 is 4.90 Å². The van der Waals surface area contributed by atoms with Gasteiger partial charge in [-0.3, -0.25) is 14.5 Å². The maximum atomic E-state index is 14.3. The molecule has 7 heteroatoms. The van der Waals surface area contributed by atoms with Crippen molar-refractivity contribution in [1.82, 2.24) is 4.90 Å². The molecule has 30 heavy (non-hydrogen) atoms. The number of benzene rings is 2. The van der Waals surface area contributed by atoms with Gasteiger partial charge < -0.3 is 4.90 Å². The van der Waals surface area contributed by atoms with Crippen molar-refractivity contribution >= 4 is 29.0 Å². The summed E-state index contributed by atoms with van der Waals surface area (Å²) < 4.78 is 28.6. The van der Waals surface area contributed by atoms with E-state index in [1.54, 1.807) is 12.1 Å². The van der Waals surface area contributed by atoms with E-state index >= 15 is 0 Å². The van der Waals surface area contributed by atoms with Crippen LogP contribution in [0.5, 0.6) is 0 Å². The molecule has 0 unspecified atom stereocenters. The highest BCUT2D eigenvalue weighted by atomic mass is 35.5. The molecule has 0 radical (unpaired) electrons. The van der Waals surface area contributed by atoms with Crippen molar-refractivity contribution in [2.75, 3.05) is 31.1 Å². The number of ketones is 1. The molecule has 0 atom stereocenters. The summed E-state index contributed by atoms with van der Waals surface area (Å²) in [6.07, 6.45) is 1.98. The number of likely N-dealkylation sites (tertiary alicyclic amines) is 1. The second-order valence-electron chi connectivity index (χ2n) is 8.10. The van der Waals surface area contributed by atoms with Gasteiger partial charge in [-0.1, -0.05) is 24.6 Å². The third-order valence-corrected chi connectivity index (χ3v) is 6.55. The van der Waals surface area contributed by atoms with Crippen LogP contribution in [0.3, 0.4) is 0 Å². The number of hydrogen-bond donors (Lipinski definition) is 0. The topological polar surface area (TPSA) is 40.6 Å². The molecule has 4 nitrogen and oxygen atoms in total. The van der Waals surface area contributed by atoms with Crippen molar-refractivity contribution in [2.45, 2.75) is 31.6 Å². The van der Waals surface area contributed by atoms with Crippen LogP contribution in [0.2, 0.25) is 5.02 Å². The molecular formula is C23H23ClF2N2O2. The molecule has 0 aliphatic carbocycles. The number of carbonyl (C=O) groups is 2. The zero-order chi connectivity index (χ0) is 21.5. The Morgan fingerprint density at radius 1 is 1.10 bits per heavy atom. The Morgan fingerprint density at radius 3 is 2.40 bits per heavy atom. The summed E-state index contributed by atoms with van der Waals surface area (Å²) >= 11 is 6.26. The van der Waals surface area contributed by atoms with E-state index in [-0.39, 0.29) is 11.2 Å². The summed E-state index contributed by atoms with van der Waals surface area (Å²) in [5.41, 5.74) is 0.691. The quantitative estimate of drug-likeness (QED) is 0.709. The Hall–Kier alpha value is -2.31. The second kappa shape index (κ2) is 8.08. The van der Waals surface area contributed by atoms with Gasteiger partial charge >= 0.3 is 0 Å². The Morgan fingerprint density at radius 2 is 1.77 bits per heavy atom. The van der Waals surface area contributed by atoms with E-state index in [1.807, 2.05) is 13.0 Å². The Kier molecular flexibility index (Phi) is 5.64. The zero-order valence-corrected chi connectivity index (χ0v) is 17.5. The number of halogens is 3. The fraction of sp³-hybridized carbons (Fsp3) is 0.391. The van der Waals surface area contributed by atoms with Gasteiger partial charge in [0.05, 0.1) is 6.54 Å². The van der Waals surface area contributed by atoms with E-state index in [0.717, 1.165) is 30.5 Å². The number of nitrogens with zero attached hydrogens (tertiary/aromatic N) is 2. The molecule has 2 aromatic rings. The average Bonchev–Trinajstić information content (AvgIpc) is 3.03. The summed E-state index contributed by atoms with van der Waals surface area (Å²) in [6, 6.07) is 8.72. The smallest absolute Gasteiger partial charge is 0.264 e. The molecule has 1 saturated heterocycles. The molecule has 2 heterocycles. The first-order valence-corrected chi connectivity index (χ1v) is 10.5. The number of piperidine rings is 1. The molecule has 2 aliphatic rings. The number of carbonyl (C=O) groups excluding carboxylic acids is 2. The van der Waals surface area contributed by atoms with Crippen LogP contribution in [-0.2, 0) is 10.2 Å². The predicted molar refractivity (Wildman–Crippen MR) is 112 cm³/mol. The van der Waals surface area contributed by atoms with Crippen LogP contribution in [-0.4, -0.2) is 42.8 Å². The molecule has 1 spiro atoms. The molecular weight excluding hydrogens is 410 g/mol. The number of amides is 1. The molecule has 0 saturated carbocycles. The summed E-state index contributed by atoms with van der Waals surface area (Å²) in [6.45, 7) is 4.05. The molecule has 2 aliphatic heterocycles. The fourth-order valence-electron chi connectivity index (χ4n) is 4.59. The van der Waals surface area contributed by atoms with E-state index in [2.05, 4.69) is 4.90 Å². The van der Waals surface area contributed by atoms with Crippen LogP contribution in [0.15, 0.2) is 36.4 Å². The van der Waals surface area contributed by atoms with Crippen LogP contribution in [0.1, 0.15) is 42.1 Å². The number of fused-ring (bicyclic) bond motifs is 2. The highest BCUT2D eigenvalue weighted by molar-refractivity contribution is 6.30. The Balaban J connectivity index is 1.66. The molecule has 2 aromatic carbocycles. The third-order valence-electron chi connectivity index (χ3n) is 6.31. The lowest BCUT2D eigenvalue weighted by molar-refractivity contribution is -0.120.